The number of ether oxygens (including phenoxy) is 1. The highest BCUT2D eigenvalue weighted by atomic mass is 32.2. The number of thioether (sulfide) groups is 1. The number of piperazine rings is 1. The van der Waals surface area contributed by atoms with Gasteiger partial charge in [0.2, 0.25) is 5.91 Å². The summed E-state index contributed by atoms with van der Waals surface area (Å²) in [6, 6.07) is 11.4. The molecule has 164 valence electrons. The van der Waals surface area contributed by atoms with E-state index in [9.17, 15) is 14.9 Å². The second kappa shape index (κ2) is 9.83. The highest BCUT2D eigenvalue weighted by Gasteiger charge is 2.42. The summed E-state index contributed by atoms with van der Waals surface area (Å²) in [6.45, 7) is 6.17. The average molecular weight is 442 g/mol. The minimum Gasteiger partial charge on any atom is -0.378 e. The summed E-state index contributed by atoms with van der Waals surface area (Å²) in [5.41, 5.74) is 0.711. The van der Waals surface area contributed by atoms with Gasteiger partial charge in [-0.1, -0.05) is 30.0 Å². The molecule has 0 bridgehead atoms. The van der Waals surface area contributed by atoms with E-state index in [0.717, 1.165) is 26.2 Å². The highest BCUT2D eigenvalue weighted by molar-refractivity contribution is 8.05. The standard InChI is InChI=1S/C22H27N5O3S/c1-24-7-9-25(10-8-24)16-19-21(29)27(17-5-3-2-4-6-17)22(31-19)18(15-23)20(28)26-11-13-30-14-12-26/h2-6,19H,7-14,16H2,1H3/b22-18-. The van der Waals surface area contributed by atoms with E-state index in [0.29, 0.717) is 43.6 Å². The maximum Gasteiger partial charge on any atom is 0.267 e. The van der Waals surface area contributed by atoms with Crippen LogP contribution in [0.1, 0.15) is 0 Å². The van der Waals surface area contributed by atoms with Crippen molar-refractivity contribution in [2.45, 2.75) is 5.25 Å². The number of hydrogen-bond donors (Lipinski definition) is 0. The monoisotopic (exact) mass is 441 g/mol. The molecule has 8 nitrogen and oxygen atoms in total. The van der Waals surface area contributed by atoms with Gasteiger partial charge in [-0.3, -0.25) is 19.4 Å². The Bertz CT molecular complexity index is 886. The lowest BCUT2D eigenvalue weighted by atomic mass is 10.2. The molecule has 1 unspecified atom stereocenters. The molecule has 9 heteroatoms. The number of hydrogen-bond acceptors (Lipinski definition) is 7. The number of carbonyl (C=O) groups excluding carboxylic acids is 2. The Balaban J connectivity index is 1.64. The molecule has 0 spiro atoms. The Hall–Kier alpha value is -2.38. The van der Waals surface area contributed by atoms with Crippen LogP contribution in [0.15, 0.2) is 40.9 Å². The normalized spacial score (nSPS) is 24.9. The molecular weight excluding hydrogens is 414 g/mol. The Morgan fingerprint density at radius 2 is 1.81 bits per heavy atom. The molecule has 3 saturated heterocycles. The van der Waals surface area contributed by atoms with Gasteiger partial charge >= 0.3 is 0 Å². The molecule has 3 aliphatic heterocycles. The smallest absolute Gasteiger partial charge is 0.267 e. The number of nitrogens with zero attached hydrogens (tertiary/aromatic N) is 5. The number of benzene rings is 1. The first-order valence-electron chi connectivity index (χ1n) is 10.6. The van der Waals surface area contributed by atoms with E-state index < -0.39 is 0 Å². The van der Waals surface area contributed by atoms with Crippen molar-refractivity contribution < 1.29 is 14.3 Å². The van der Waals surface area contributed by atoms with Crippen molar-refractivity contribution in [1.29, 1.82) is 5.26 Å². The van der Waals surface area contributed by atoms with Crippen LogP contribution < -0.4 is 4.90 Å². The Morgan fingerprint density at radius 3 is 2.45 bits per heavy atom. The van der Waals surface area contributed by atoms with Crippen molar-refractivity contribution in [3.63, 3.8) is 0 Å². The number of likely N-dealkylation sites (N-methyl/N-ethyl adjacent to an activating group) is 1. The molecule has 0 aromatic heterocycles. The molecule has 3 fully saturated rings. The molecule has 0 N–H and O–H groups in total. The van der Waals surface area contributed by atoms with E-state index >= 15 is 0 Å². The number of para-hydroxylation sites is 1. The van der Waals surface area contributed by atoms with Crippen LogP contribution in [0, 0.1) is 11.3 Å². The van der Waals surface area contributed by atoms with Crippen LogP contribution in [0.3, 0.4) is 0 Å². The second-order valence-electron chi connectivity index (χ2n) is 7.92. The Morgan fingerprint density at radius 1 is 1.13 bits per heavy atom. The van der Waals surface area contributed by atoms with E-state index in [1.54, 1.807) is 9.80 Å². The third-order valence-corrected chi connectivity index (χ3v) is 7.07. The predicted octanol–water partition coefficient (Wildman–Crippen LogP) is 0.976. The van der Waals surface area contributed by atoms with Crippen LogP contribution in [0.5, 0.6) is 0 Å². The summed E-state index contributed by atoms with van der Waals surface area (Å²) in [6.07, 6.45) is 0. The molecule has 0 saturated carbocycles. The maximum absolute atomic E-state index is 13.5. The molecule has 4 rings (SSSR count). The number of anilines is 1. The highest BCUT2D eigenvalue weighted by Crippen LogP contribution is 2.41. The number of morpholine rings is 1. The third-order valence-electron chi connectivity index (χ3n) is 5.82. The van der Waals surface area contributed by atoms with Gasteiger partial charge in [0, 0.05) is 51.5 Å². The van der Waals surface area contributed by atoms with Crippen LogP contribution in [0.4, 0.5) is 5.69 Å². The van der Waals surface area contributed by atoms with E-state index in [2.05, 4.69) is 22.9 Å². The van der Waals surface area contributed by atoms with Crippen molar-refractivity contribution in [2.24, 2.45) is 0 Å². The fourth-order valence-corrected chi connectivity index (χ4v) is 5.28. The van der Waals surface area contributed by atoms with Gasteiger partial charge in [-0.15, -0.1) is 0 Å². The largest absolute Gasteiger partial charge is 0.378 e. The molecule has 0 radical (unpaired) electrons. The van der Waals surface area contributed by atoms with E-state index in [4.69, 9.17) is 4.74 Å². The number of carbonyl (C=O) groups is 2. The second-order valence-corrected chi connectivity index (χ2v) is 9.11. The van der Waals surface area contributed by atoms with Crippen molar-refractivity contribution in [3.8, 4) is 6.07 Å². The summed E-state index contributed by atoms with van der Waals surface area (Å²) in [5.74, 6) is -0.407. The fraction of sp³-hybridized carbons (Fsp3) is 0.500. The fourth-order valence-electron chi connectivity index (χ4n) is 3.97. The molecule has 1 aromatic rings. The van der Waals surface area contributed by atoms with Crippen LogP contribution in [0.2, 0.25) is 0 Å². The molecule has 1 aromatic carbocycles. The number of amides is 2. The number of nitriles is 1. The molecule has 1 atom stereocenters. The van der Waals surface area contributed by atoms with Gasteiger partial charge in [-0.05, 0) is 19.2 Å². The minimum absolute atomic E-state index is 0.0324. The lowest BCUT2D eigenvalue weighted by Crippen LogP contribution is -2.47. The summed E-state index contributed by atoms with van der Waals surface area (Å²) in [5, 5.41) is 10.0. The lowest BCUT2D eigenvalue weighted by Gasteiger charge is -2.33. The molecule has 3 aliphatic rings. The van der Waals surface area contributed by atoms with Crippen LogP contribution in [0.25, 0.3) is 0 Å². The number of rotatable bonds is 4. The van der Waals surface area contributed by atoms with Gasteiger partial charge in [-0.2, -0.15) is 5.26 Å². The summed E-state index contributed by atoms with van der Waals surface area (Å²) < 4.78 is 5.33. The van der Waals surface area contributed by atoms with Crippen LogP contribution >= 0.6 is 11.8 Å². The molecule has 0 aliphatic carbocycles. The van der Waals surface area contributed by atoms with E-state index in [1.165, 1.54) is 11.8 Å². The summed E-state index contributed by atoms with van der Waals surface area (Å²) in [7, 11) is 2.10. The van der Waals surface area contributed by atoms with Crippen LogP contribution in [-0.2, 0) is 14.3 Å². The Labute approximate surface area is 187 Å². The molecule has 31 heavy (non-hydrogen) atoms. The molecular formula is C22H27N5O3S. The van der Waals surface area contributed by atoms with Gasteiger partial charge < -0.3 is 14.5 Å². The zero-order chi connectivity index (χ0) is 21.8. The van der Waals surface area contributed by atoms with Crippen LogP contribution in [-0.4, -0.2) is 97.8 Å². The first-order chi connectivity index (χ1) is 15.1. The van der Waals surface area contributed by atoms with Gasteiger partial charge in [-0.25, -0.2) is 0 Å². The molecule has 3 heterocycles. The van der Waals surface area contributed by atoms with E-state index in [1.807, 2.05) is 30.3 Å². The average Bonchev–Trinajstić information content (AvgIpc) is 3.12. The predicted molar refractivity (Wildman–Crippen MR) is 119 cm³/mol. The Kier molecular flexibility index (Phi) is 6.92. The topological polar surface area (TPSA) is 80.1 Å². The van der Waals surface area contributed by atoms with Crippen molar-refractivity contribution in [3.05, 3.63) is 40.9 Å². The van der Waals surface area contributed by atoms with Crippen molar-refractivity contribution >= 4 is 29.3 Å². The van der Waals surface area contributed by atoms with Crippen molar-refractivity contribution in [2.75, 3.05) is 71.0 Å². The summed E-state index contributed by atoms with van der Waals surface area (Å²) in [4.78, 5) is 34.4. The quantitative estimate of drug-likeness (QED) is 0.509. The van der Waals surface area contributed by atoms with Gasteiger partial charge in [0.15, 0.2) is 0 Å². The molecule has 2 amide bonds. The lowest BCUT2D eigenvalue weighted by molar-refractivity contribution is -0.130. The third kappa shape index (κ3) is 4.77. The maximum atomic E-state index is 13.5. The van der Waals surface area contributed by atoms with Gasteiger partial charge in [0.05, 0.1) is 13.2 Å². The first-order valence-corrected chi connectivity index (χ1v) is 11.4. The van der Waals surface area contributed by atoms with Crippen molar-refractivity contribution in [1.82, 2.24) is 14.7 Å². The zero-order valence-corrected chi connectivity index (χ0v) is 18.5. The summed E-state index contributed by atoms with van der Waals surface area (Å²) >= 11 is 1.34. The SMILES string of the molecule is CN1CCN(CC2S/C(=C(/C#N)C(=O)N3CCOCC3)N(c3ccccc3)C2=O)CC1. The zero-order valence-electron chi connectivity index (χ0n) is 17.7. The minimum atomic E-state index is -0.348. The van der Waals surface area contributed by atoms with Gasteiger partial charge in [0.1, 0.15) is 21.9 Å². The first kappa shape index (κ1) is 21.8. The van der Waals surface area contributed by atoms with Gasteiger partial charge in [0.25, 0.3) is 5.91 Å². The van der Waals surface area contributed by atoms with E-state index in [-0.39, 0.29) is 22.6 Å².